The fourth-order valence-electron chi connectivity index (χ4n) is 4.08. The normalized spacial score (nSPS) is 16.0. The lowest BCUT2D eigenvalue weighted by Crippen LogP contribution is -2.34. The first-order valence-electron chi connectivity index (χ1n) is 9.79. The van der Waals surface area contributed by atoms with Crippen LogP contribution in [0.25, 0.3) is 17.0 Å². The standard InChI is InChI=1S/C24H21N3O2S/c1-17-13-21-22(14-26-23(21)15-25-17)24-20-10-6-5-9-19(20)11-12-27(24)30(28,29)16-18-7-3-2-4-8-18/h2-15,24,26H,16H2,1H3. The van der Waals surface area contributed by atoms with Gasteiger partial charge in [-0.3, -0.25) is 9.29 Å². The van der Waals surface area contributed by atoms with Crippen molar-refractivity contribution >= 4 is 27.0 Å². The van der Waals surface area contributed by atoms with Crippen molar-refractivity contribution in [2.75, 3.05) is 0 Å². The Morgan fingerprint density at radius 3 is 2.63 bits per heavy atom. The molecule has 1 aliphatic rings. The predicted octanol–water partition coefficient (Wildman–Crippen LogP) is 4.78. The van der Waals surface area contributed by atoms with Gasteiger partial charge in [0.1, 0.15) is 0 Å². The van der Waals surface area contributed by atoms with E-state index in [1.54, 1.807) is 12.4 Å². The molecule has 1 N–H and O–H groups in total. The molecule has 0 radical (unpaired) electrons. The average molecular weight is 416 g/mol. The topological polar surface area (TPSA) is 66.1 Å². The number of aryl methyl sites for hydroxylation is 1. The molecule has 1 aliphatic heterocycles. The lowest BCUT2D eigenvalue weighted by molar-refractivity contribution is 0.448. The monoisotopic (exact) mass is 415 g/mol. The summed E-state index contributed by atoms with van der Waals surface area (Å²) >= 11 is 0. The van der Waals surface area contributed by atoms with Gasteiger partial charge in [0.25, 0.3) is 0 Å². The fourth-order valence-corrected chi connectivity index (χ4v) is 5.64. The molecular formula is C24H21N3O2S. The minimum absolute atomic E-state index is 0.0558. The van der Waals surface area contributed by atoms with Crippen LogP contribution in [-0.2, 0) is 15.8 Å². The number of benzene rings is 2. The first kappa shape index (κ1) is 18.6. The van der Waals surface area contributed by atoms with Crippen LogP contribution in [0.3, 0.4) is 0 Å². The summed E-state index contributed by atoms with van der Waals surface area (Å²) in [5.74, 6) is -0.0558. The van der Waals surface area contributed by atoms with Crippen LogP contribution in [0.1, 0.15) is 34.0 Å². The minimum atomic E-state index is -3.62. The van der Waals surface area contributed by atoms with Gasteiger partial charge < -0.3 is 4.98 Å². The summed E-state index contributed by atoms with van der Waals surface area (Å²) in [4.78, 5) is 7.61. The van der Waals surface area contributed by atoms with Crippen molar-refractivity contribution in [3.05, 3.63) is 107 Å². The van der Waals surface area contributed by atoms with Crippen LogP contribution >= 0.6 is 0 Å². The molecule has 2 aromatic carbocycles. The molecule has 0 saturated heterocycles. The van der Waals surface area contributed by atoms with Crippen LogP contribution in [0.2, 0.25) is 0 Å². The van der Waals surface area contributed by atoms with Crippen LogP contribution < -0.4 is 0 Å². The van der Waals surface area contributed by atoms with E-state index in [1.807, 2.05) is 79.9 Å². The molecule has 5 nitrogen and oxygen atoms in total. The molecule has 0 bridgehead atoms. The molecule has 1 unspecified atom stereocenters. The average Bonchev–Trinajstić information content (AvgIpc) is 3.16. The molecule has 0 aliphatic carbocycles. The lowest BCUT2D eigenvalue weighted by Gasteiger charge is -2.34. The highest BCUT2D eigenvalue weighted by molar-refractivity contribution is 7.88. The number of fused-ring (bicyclic) bond motifs is 2. The van der Waals surface area contributed by atoms with Crippen molar-refractivity contribution in [1.82, 2.24) is 14.3 Å². The Balaban J connectivity index is 1.67. The number of aromatic amines is 1. The summed E-state index contributed by atoms with van der Waals surface area (Å²) in [5.41, 5.74) is 5.46. The fraction of sp³-hybridized carbons (Fsp3) is 0.125. The number of aromatic nitrogens is 2. The van der Waals surface area contributed by atoms with Gasteiger partial charge in [-0.2, -0.15) is 0 Å². The number of H-pyrrole nitrogens is 1. The quantitative estimate of drug-likeness (QED) is 0.522. The van der Waals surface area contributed by atoms with Gasteiger partial charge in [0.05, 0.1) is 23.5 Å². The van der Waals surface area contributed by atoms with Crippen LogP contribution in [0.5, 0.6) is 0 Å². The van der Waals surface area contributed by atoms with E-state index in [0.29, 0.717) is 0 Å². The molecule has 3 heterocycles. The molecule has 4 aromatic rings. The summed E-state index contributed by atoms with van der Waals surface area (Å²) in [6, 6.07) is 18.8. The Morgan fingerprint density at radius 1 is 1.03 bits per heavy atom. The predicted molar refractivity (Wildman–Crippen MR) is 119 cm³/mol. The Labute approximate surface area is 175 Å². The Hall–Kier alpha value is -3.38. The van der Waals surface area contributed by atoms with E-state index < -0.39 is 16.1 Å². The van der Waals surface area contributed by atoms with Gasteiger partial charge in [-0.05, 0) is 35.8 Å². The Kier molecular flexibility index (Phi) is 4.44. The number of hydrogen-bond acceptors (Lipinski definition) is 3. The molecule has 150 valence electrons. The van der Waals surface area contributed by atoms with Crippen molar-refractivity contribution in [2.45, 2.75) is 18.7 Å². The smallest absolute Gasteiger partial charge is 0.239 e. The second-order valence-electron chi connectivity index (χ2n) is 7.53. The maximum absolute atomic E-state index is 13.5. The van der Waals surface area contributed by atoms with E-state index in [1.165, 1.54) is 4.31 Å². The SMILES string of the molecule is Cc1cc2c(C3c4ccccc4C=CN3S(=O)(=O)Cc3ccccc3)c[nH]c2cn1. The van der Waals surface area contributed by atoms with Gasteiger partial charge in [0, 0.05) is 29.0 Å². The van der Waals surface area contributed by atoms with Crippen molar-refractivity contribution in [3.63, 3.8) is 0 Å². The molecule has 0 spiro atoms. The van der Waals surface area contributed by atoms with Crippen LogP contribution in [0, 0.1) is 6.92 Å². The number of sulfonamides is 1. The maximum atomic E-state index is 13.5. The largest absolute Gasteiger partial charge is 0.360 e. The van der Waals surface area contributed by atoms with Crippen LogP contribution in [0.15, 0.2) is 79.3 Å². The highest BCUT2D eigenvalue weighted by atomic mass is 32.2. The lowest BCUT2D eigenvalue weighted by atomic mass is 9.92. The van der Waals surface area contributed by atoms with E-state index in [0.717, 1.165) is 38.9 Å². The first-order valence-corrected chi connectivity index (χ1v) is 11.4. The van der Waals surface area contributed by atoms with Crippen molar-refractivity contribution in [1.29, 1.82) is 0 Å². The maximum Gasteiger partial charge on any atom is 0.239 e. The number of pyridine rings is 1. The molecule has 1 atom stereocenters. The van der Waals surface area contributed by atoms with Gasteiger partial charge in [-0.1, -0.05) is 54.6 Å². The summed E-state index contributed by atoms with van der Waals surface area (Å²) < 4.78 is 28.6. The highest BCUT2D eigenvalue weighted by Gasteiger charge is 2.34. The van der Waals surface area contributed by atoms with E-state index in [9.17, 15) is 8.42 Å². The third-order valence-corrected chi connectivity index (χ3v) is 7.16. The van der Waals surface area contributed by atoms with Gasteiger partial charge >= 0.3 is 0 Å². The number of rotatable bonds is 4. The molecule has 5 rings (SSSR count). The molecular weight excluding hydrogens is 394 g/mol. The summed E-state index contributed by atoms with van der Waals surface area (Å²) in [5, 5.41) is 0.984. The summed E-state index contributed by atoms with van der Waals surface area (Å²) in [6.07, 6.45) is 7.26. The number of nitrogens with zero attached hydrogens (tertiary/aromatic N) is 2. The number of hydrogen-bond donors (Lipinski definition) is 1. The van der Waals surface area contributed by atoms with Gasteiger partial charge in [-0.25, -0.2) is 8.42 Å². The molecule has 6 heteroatoms. The van der Waals surface area contributed by atoms with Crippen molar-refractivity contribution in [2.24, 2.45) is 0 Å². The molecule has 0 amide bonds. The summed E-state index contributed by atoms with van der Waals surface area (Å²) in [6.45, 7) is 1.94. The molecule has 0 fully saturated rings. The second-order valence-corrected chi connectivity index (χ2v) is 9.41. The van der Waals surface area contributed by atoms with Crippen molar-refractivity contribution in [3.8, 4) is 0 Å². The minimum Gasteiger partial charge on any atom is -0.360 e. The highest BCUT2D eigenvalue weighted by Crippen LogP contribution is 2.40. The van der Waals surface area contributed by atoms with E-state index in [-0.39, 0.29) is 5.75 Å². The van der Waals surface area contributed by atoms with Gasteiger partial charge in [-0.15, -0.1) is 0 Å². The molecule has 30 heavy (non-hydrogen) atoms. The Morgan fingerprint density at radius 2 is 1.80 bits per heavy atom. The summed E-state index contributed by atoms with van der Waals surface area (Å²) in [7, 11) is -3.62. The second kappa shape index (κ2) is 7.15. The molecule has 2 aromatic heterocycles. The zero-order valence-corrected chi connectivity index (χ0v) is 17.3. The molecule has 0 saturated carbocycles. The van der Waals surface area contributed by atoms with E-state index in [4.69, 9.17) is 0 Å². The van der Waals surface area contributed by atoms with Crippen LogP contribution in [-0.4, -0.2) is 22.7 Å². The number of nitrogens with one attached hydrogen (secondary N) is 1. The third kappa shape index (κ3) is 3.19. The van der Waals surface area contributed by atoms with E-state index in [2.05, 4.69) is 9.97 Å². The van der Waals surface area contributed by atoms with E-state index >= 15 is 0 Å². The van der Waals surface area contributed by atoms with Gasteiger partial charge in [0.2, 0.25) is 10.0 Å². The van der Waals surface area contributed by atoms with Crippen molar-refractivity contribution < 1.29 is 8.42 Å². The zero-order chi connectivity index (χ0) is 20.7. The Bertz CT molecular complexity index is 1360. The first-order chi connectivity index (χ1) is 14.5. The van der Waals surface area contributed by atoms with Crippen LogP contribution in [0.4, 0.5) is 0 Å². The van der Waals surface area contributed by atoms with Gasteiger partial charge in [0.15, 0.2) is 0 Å². The third-order valence-electron chi connectivity index (χ3n) is 5.49. The zero-order valence-electron chi connectivity index (χ0n) is 16.5.